The molecule has 2 rings (SSSR count). The van der Waals surface area contributed by atoms with Crippen LogP contribution in [0.3, 0.4) is 0 Å². The second-order valence-corrected chi connectivity index (χ2v) is 9.29. The first-order valence-electron chi connectivity index (χ1n) is 8.33. The summed E-state index contributed by atoms with van der Waals surface area (Å²) in [5.41, 5.74) is 1.39. The van der Waals surface area contributed by atoms with Crippen molar-refractivity contribution >= 4 is 21.6 Å². The van der Waals surface area contributed by atoms with E-state index in [9.17, 15) is 13.2 Å². The van der Waals surface area contributed by atoms with Crippen LogP contribution in [0, 0.1) is 0 Å². The molecule has 0 saturated carbocycles. The summed E-state index contributed by atoms with van der Waals surface area (Å²) >= 11 is 0. The van der Waals surface area contributed by atoms with Crippen LogP contribution in [0.4, 0.5) is 10.5 Å². The zero-order chi connectivity index (χ0) is 17.7. The monoisotopic (exact) mass is 353 g/mol. The van der Waals surface area contributed by atoms with E-state index in [1.807, 2.05) is 0 Å². The Balaban J connectivity index is 1.86. The van der Waals surface area contributed by atoms with Crippen LogP contribution in [0.1, 0.15) is 32.3 Å². The highest BCUT2D eigenvalue weighted by atomic mass is 32.2. The van der Waals surface area contributed by atoms with Crippen molar-refractivity contribution in [2.24, 2.45) is 0 Å². The number of piperidine rings is 1. The second kappa shape index (κ2) is 7.98. The molecule has 1 aromatic rings. The summed E-state index contributed by atoms with van der Waals surface area (Å²) in [6.45, 7) is 5.34. The Kier molecular flexibility index (Phi) is 6.23. The minimum absolute atomic E-state index is 0.0206. The van der Waals surface area contributed by atoms with E-state index in [1.54, 1.807) is 38.1 Å². The molecule has 1 saturated heterocycles. The van der Waals surface area contributed by atoms with Crippen LogP contribution in [-0.2, 0) is 15.6 Å². The maximum atomic E-state index is 12.0. The van der Waals surface area contributed by atoms with Gasteiger partial charge in [-0.1, -0.05) is 12.1 Å². The van der Waals surface area contributed by atoms with Gasteiger partial charge in [-0.05, 0) is 64.5 Å². The predicted octanol–water partition coefficient (Wildman–Crippen LogP) is 2.23. The molecule has 0 bridgehead atoms. The fraction of sp³-hybridized carbons (Fsp3) is 0.588. The van der Waals surface area contributed by atoms with Crippen LogP contribution in [0.5, 0.6) is 0 Å². The van der Waals surface area contributed by atoms with Gasteiger partial charge in [0, 0.05) is 11.7 Å². The van der Waals surface area contributed by atoms with Crippen LogP contribution in [0.25, 0.3) is 0 Å². The van der Waals surface area contributed by atoms with E-state index in [1.165, 1.54) is 0 Å². The van der Waals surface area contributed by atoms with E-state index in [0.717, 1.165) is 31.5 Å². The van der Waals surface area contributed by atoms with Gasteiger partial charge in [0.1, 0.15) is 0 Å². The number of rotatable bonds is 5. The minimum atomic E-state index is -3.11. The molecule has 0 unspecified atom stereocenters. The Hall–Kier alpha value is -1.60. The summed E-state index contributed by atoms with van der Waals surface area (Å²) in [4.78, 5) is 14.3. The van der Waals surface area contributed by atoms with Crippen molar-refractivity contribution in [3.8, 4) is 0 Å². The third-order valence-corrected chi connectivity index (χ3v) is 6.52. The van der Waals surface area contributed by atoms with Crippen molar-refractivity contribution in [1.29, 1.82) is 0 Å². The zero-order valence-corrected chi connectivity index (χ0v) is 15.4. The van der Waals surface area contributed by atoms with E-state index in [-0.39, 0.29) is 17.8 Å². The van der Waals surface area contributed by atoms with Gasteiger partial charge in [0.15, 0.2) is 9.84 Å². The summed E-state index contributed by atoms with van der Waals surface area (Å²) in [5.74, 6) is 0.0206. The molecule has 134 valence electrons. The third kappa shape index (κ3) is 5.49. The molecule has 7 heteroatoms. The van der Waals surface area contributed by atoms with E-state index >= 15 is 0 Å². The van der Waals surface area contributed by atoms with Gasteiger partial charge in [0.2, 0.25) is 0 Å². The quantitative estimate of drug-likeness (QED) is 0.851. The number of hydrogen-bond acceptors (Lipinski definition) is 4. The van der Waals surface area contributed by atoms with Crippen molar-refractivity contribution < 1.29 is 13.2 Å². The number of benzene rings is 1. The van der Waals surface area contributed by atoms with Crippen LogP contribution in [-0.4, -0.2) is 50.8 Å². The maximum Gasteiger partial charge on any atom is 0.319 e. The highest BCUT2D eigenvalue weighted by molar-refractivity contribution is 7.91. The molecule has 24 heavy (non-hydrogen) atoms. The second-order valence-electron chi connectivity index (χ2n) is 6.73. The van der Waals surface area contributed by atoms with Crippen LogP contribution < -0.4 is 10.6 Å². The molecule has 0 aliphatic carbocycles. The number of nitrogens with zero attached hydrogens (tertiary/aromatic N) is 1. The van der Waals surface area contributed by atoms with Crippen molar-refractivity contribution in [2.75, 3.05) is 25.5 Å². The number of likely N-dealkylation sites (tertiary alicyclic amines) is 1. The molecule has 1 aliphatic rings. The fourth-order valence-electron chi connectivity index (χ4n) is 2.59. The molecule has 6 nitrogen and oxygen atoms in total. The summed E-state index contributed by atoms with van der Waals surface area (Å²) in [6, 6.07) is 6.94. The Bertz CT molecular complexity index is 648. The van der Waals surface area contributed by atoms with E-state index in [4.69, 9.17) is 0 Å². The van der Waals surface area contributed by atoms with E-state index < -0.39 is 15.1 Å². The van der Waals surface area contributed by atoms with E-state index in [2.05, 4.69) is 22.6 Å². The lowest BCUT2D eigenvalue weighted by atomic mass is 10.1. The van der Waals surface area contributed by atoms with Crippen LogP contribution >= 0.6 is 0 Å². The molecule has 1 aromatic carbocycles. The first-order valence-corrected chi connectivity index (χ1v) is 10.0. The molecule has 2 amide bonds. The summed E-state index contributed by atoms with van der Waals surface area (Å²) in [5, 5.41) is 5.39. The van der Waals surface area contributed by atoms with Gasteiger partial charge in [-0.25, -0.2) is 13.2 Å². The molecule has 0 radical (unpaired) electrons. The number of carbonyl (C=O) groups is 1. The lowest BCUT2D eigenvalue weighted by Gasteiger charge is -2.29. The number of anilines is 1. The van der Waals surface area contributed by atoms with Gasteiger partial charge in [-0.3, -0.25) is 0 Å². The van der Waals surface area contributed by atoms with Gasteiger partial charge >= 0.3 is 6.03 Å². The number of nitrogens with one attached hydrogen (secondary N) is 2. The SMILES string of the molecule is CC(C)S(=O)(=O)Cc1ccc(NC(=O)NC2CCN(C)CC2)cc1. The van der Waals surface area contributed by atoms with Crippen LogP contribution in [0.2, 0.25) is 0 Å². The average Bonchev–Trinajstić information content (AvgIpc) is 2.51. The minimum Gasteiger partial charge on any atom is -0.335 e. The zero-order valence-electron chi connectivity index (χ0n) is 14.6. The molecule has 2 N–H and O–H groups in total. The summed E-state index contributed by atoms with van der Waals surface area (Å²) in [6.07, 6.45) is 1.91. The predicted molar refractivity (Wildman–Crippen MR) is 96.9 cm³/mol. The van der Waals surface area contributed by atoms with Crippen molar-refractivity contribution in [1.82, 2.24) is 10.2 Å². The number of urea groups is 1. The molecular weight excluding hydrogens is 326 g/mol. The van der Waals surface area contributed by atoms with Gasteiger partial charge in [-0.2, -0.15) is 0 Å². The van der Waals surface area contributed by atoms with Crippen molar-refractivity contribution in [2.45, 2.75) is 43.7 Å². The summed E-state index contributed by atoms with van der Waals surface area (Å²) < 4.78 is 23.8. The molecular formula is C17H27N3O3S. The topological polar surface area (TPSA) is 78.5 Å². The van der Waals surface area contributed by atoms with Crippen molar-refractivity contribution in [3.63, 3.8) is 0 Å². The first-order chi connectivity index (χ1) is 11.3. The lowest BCUT2D eigenvalue weighted by molar-refractivity contribution is 0.221. The van der Waals surface area contributed by atoms with Crippen LogP contribution in [0.15, 0.2) is 24.3 Å². The Labute approximate surface area is 144 Å². The smallest absolute Gasteiger partial charge is 0.319 e. The van der Waals surface area contributed by atoms with Crippen molar-refractivity contribution in [3.05, 3.63) is 29.8 Å². The first kappa shape index (κ1) is 18.7. The Morgan fingerprint density at radius 1 is 1.21 bits per heavy atom. The Morgan fingerprint density at radius 3 is 2.33 bits per heavy atom. The molecule has 0 aromatic heterocycles. The number of hydrogen-bond donors (Lipinski definition) is 2. The number of sulfone groups is 1. The Morgan fingerprint density at radius 2 is 1.79 bits per heavy atom. The molecule has 1 fully saturated rings. The molecule has 0 atom stereocenters. The van der Waals surface area contributed by atoms with Gasteiger partial charge in [0.05, 0.1) is 11.0 Å². The lowest BCUT2D eigenvalue weighted by Crippen LogP contribution is -2.44. The summed E-state index contributed by atoms with van der Waals surface area (Å²) in [7, 11) is -1.03. The highest BCUT2D eigenvalue weighted by Gasteiger charge is 2.19. The van der Waals surface area contributed by atoms with Gasteiger partial charge in [0.25, 0.3) is 0 Å². The maximum absolute atomic E-state index is 12.0. The normalized spacial score (nSPS) is 17.0. The van der Waals surface area contributed by atoms with Gasteiger partial charge in [-0.15, -0.1) is 0 Å². The molecule has 1 heterocycles. The van der Waals surface area contributed by atoms with E-state index in [0.29, 0.717) is 5.69 Å². The standard InChI is InChI=1S/C17H27N3O3S/c1-13(2)24(22,23)12-14-4-6-15(7-5-14)18-17(21)19-16-8-10-20(3)11-9-16/h4-7,13,16H,8-12H2,1-3H3,(H2,18,19,21). The van der Waals surface area contributed by atoms with Gasteiger partial charge < -0.3 is 15.5 Å². The highest BCUT2D eigenvalue weighted by Crippen LogP contribution is 2.15. The number of carbonyl (C=O) groups excluding carboxylic acids is 1. The third-order valence-electron chi connectivity index (χ3n) is 4.35. The fourth-order valence-corrected chi connectivity index (χ4v) is 3.58. The number of amides is 2. The largest absolute Gasteiger partial charge is 0.335 e. The average molecular weight is 353 g/mol. The molecule has 0 spiro atoms. The molecule has 1 aliphatic heterocycles.